The van der Waals surface area contributed by atoms with E-state index in [0.717, 1.165) is 17.7 Å². The molecule has 0 saturated carbocycles. The van der Waals surface area contributed by atoms with Gasteiger partial charge in [-0.2, -0.15) is 0 Å². The van der Waals surface area contributed by atoms with Gasteiger partial charge in [0, 0.05) is 11.1 Å². The Hall–Kier alpha value is -2.47. The van der Waals surface area contributed by atoms with Crippen molar-refractivity contribution in [2.24, 2.45) is 0 Å². The van der Waals surface area contributed by atoms with Crippen LogP contribution in [0.4, 0.5) is 8.78 Å². The van der Waals surface area contributed by atoms with Crippen LogP contribution in [0.5, 0.6) is 0 Å². The van der Waals surface area contributed by atoms with Gasteiger partial charge in [0.2, 0.25) is 5.91 Å². The minimum atomic E-state index is -0.984. The number of hydrogen-bond donors (Lipinski definition) is 2. The second-order valence-electron chi connectivity index (χ2n) is 5.15. The van der Waals surface area contributed by atoms with Crippen LogP contribution in [0.25, 0.3) is 0 Å². The van der Waals surface area contributed by atoms with Gasteiger partial charge in [-0.3, -0.25) is 9.59 Å². The third kappa shape index (κ3) is 4.76. The molecule has 4 nitrogen and oxygen atoms in total. The number of halogens is 3. The van der Waals surface area contributed by atoms with Gasteiger partial charge in [-0.05, 0) is 36.8 Å². The Bertz CT molecular complexity index is 751. The summed E-state index contributed by atoms with van der Waals surface area (Å²) in [5, 5.41) is 5.57. The molecule has 0 radical (unpaired) electrons. The highest BCUT2D eigenvalue weighted by Crippen LogP contribution is 2.15. The van der Waals surface area contributed by atoms with Crippen molar-refractivity contribution in [3.05, 3.63) is 70.2 Å². The topological polar surface area (TPSA) is 58.2 Å². The maximum absolute atomic E-state index is 13.5. The van der Waals surface area contributed by atoms with Gasteiger partial charge < -0.3 is 10.6 Å². The van der Waals surface area contributed by atoms with E-state index in [-0.39, 0.29) is 18.2 Å². The molecule has 0 bridgehead atoms. The first-order chi connectivity index (χ1) is 11.4. The number of carbonyl (C=O) groups excluding carboxylic acids is 2. The van der Waals surface area contributed by atoms with Crippen LogP contribution in [0, 0.1) is 11.6 Å². The van der Waals surface area contributed by atoms with E-state index in [4.69, 9.17) is 11.6 Å². The molecule has 126 valence electrons. The van der Waals surface area contributed by atoms with Gasteiger partial charge in [0.25, 0.3) is 5.91 Å². The maximum atomic E-state index is 13.5. The van der Waals surface area contributed by atoms with Gasteiger partial charge >= 0.3 is 0 Å². The Morgan fingerprint density at radius 2 is 1.79 bits per heavy atom. The van der Waals surface area contributed by atoms with Crippen molar-refractivity contribution >= 4 is 23.4 Å². The third-order valence-electron chi connectivity index (χ3n) is 3.33. The fraction of sp³-hybridized carbons (Fsp3) is 0.176. The lowest BCUT2D eigenvalue weighted by atomic mass is 10.1. The lowest BCUT2D eigenvalue weighted by Gasteiger charge is -2.15. The van der Waals surface area contributed by atoms with E-state index in [9.17, 15) is 18.4 Å². The highest BCUT2D eigenvalue weighted by atomic mass is 35.5. The quantitative estimate of drug-likeness (QED) is 0.868. The molecule has 24 heavy (non-hydrogen) atoms. The van der Waals surface area contributed by atoms with Crippen LogP contribution < -0.4 is 10.6 Å². The van der Waals surface area contributed by atoms with Crippen LogP contribution in [0.3, 0.4) is 0 Å². The molecule has 1 atom stereocenters. The highest BCUT2D eigenvalue weighted by molar-refractivity contribution is 6.30. The number of nitrogens with one attached hydrogen (secondary N) is 2. The predicted molar refractivity (Wildman–Crippen MR) is 86.7 cm³/mol. The van der Waals surface area contributed by atoms with Crippen LogP contribution in [-0.2, 0) is 4.79 Å². The molecular weight excluding hydrogens is 338 g/mol. The van der Waals surface area contributed by atoms with Gasteiger partial charge in [0.05, 0.1) is 18.2 Å². The Morgan fingerprint density at radius 3 is 2.42 bits per heavy atom. The summed E-state index contributed by atoms with van der Waals surface area (Å²) in [6, 6.07) is 9.29. The molecule has 1 unspecified atom stereocenters. The van der Waals surface area contributed by atoms with Crippen LogP contribution in [0.2, 0.25) is 5.02 Å². The Balaban J connectivity index is 1.88. The molecule has 0 aromatic heterocycles. The van der Waals surface area contributed by atoms with Gasteiger partial charge in [-0.1, -0.05) is 23.7 Å². The summed E-state index contributed by atoms with van der Waals surface area (Å²) in [5.74, 6) is -2.99. The second-order valence-corrected chi connectivity index (χ2v) is 5.58. The number of carbonyl (C=O) groups is 2. The van der Waals surface area contributed by atoms with Crippen LogP contribution in [0.1, 0.15) is 28.9 Å². The van der Waals surface area contributed by atoms with Crippen molar-refractivity contribution in [1.82, 2.24) is 10.6 Å². The second kappa shape index (κ2) is 7.88. The zero-order valence-corrected chi connectivity index (χ0v) is 13.5. The molecule has 0 spiro atoms. The van der Waals surface area contributed by atoms with Gasteiger partial charge in [-0.25, -0.2) is 8.78 Å². The van der Waals surface area contributed by atoms with Crippen LogP contribution >= 0.6 is 11.6 Å². The van der Waals surface area contributed by atoms with Crippen molar-refractivity contribution < 1.29 is 18.4 Å². The number of rotatable bonds is 5. The monoisotopic (exact) mass is 352 g/mol. The summed E-state index contributed by atoms with van der Waals surface area (Å²) < 4.78 is 26.3. The Morgan fingerprint density at radius 1 is 1.12 bits per heavy atom. The Kier molecular flexibility index (Phi) is 5.87. The molecule has 2 N–H and O–H groups in total. The third-order valence-corrected chi connectivity index (χ3v) is 3.58. The SMILES string of the molecule is CC(NC(=O)CNC(=O)c1ccc(F)cc1F)c1ccc(Cl)cc1. The first-order valence-corrected chi connectivity index (χ1v) is 7.52. The normalized spacial score (nSPS) is 11.7. The largest absolute Gasteiger partial charge is 0.348 e. The molecule has 0 saturated heterocycles. The molecule has 0 aliphatic carbocycles. The van der Waals surface area contributed by atoms with E-state index in [2.05, 4.69) is 10.6 Å². The summed E-state index contributed by atoms with van der Waals surface area (Å²) in [7, 11) is 0. The number of amides is 2. The van der Waals surface area contributed by atoms with E-state index in [1.165, 1.54) is 0 Å². The van der Waals surface area contributed by atoms with E-state index >= 15 is 0 Å². The molecular formula is C17H15ClF2N2O2. The highest BCUT2D eigenvalue weighted by Gasteiger charge is 2.15. The molecule has 2 aromatic rings. The molecule has 2 aromatic carbocycles. The molecule has 0 aliphatic rings. The van der Waals surface area contributed by atoms with Crippen molar-refractivity contribution in [2.75, 3.05) is 6.54 Å². The van der Waals surface area contributed by atoms with Crippen LogP contribution in [-0.4, -0.2) is 18.4 Å². The molecule has 2 amide bonds. The van der Waals surface area contributed by atoms with Gasteiger partial charge in [0.1, 0.15) is 11.6 Å². The van der Waals surface area contributed by atoms with Crippen molar-refractivity contribution in [1.29, 1.82) is 0 Å². The summed E-state index contributed by atoms with van der Waals surface area (Å²) in [6.07, 6.45) is 0. The molecule has 7 heteroatoms. The summed E-state index contributed by atoms with van der Waals surface area (Å²) in [4.78, 5) is 23.7. The van der Waals surface area contributed by atoms with E-state index in [0.29, 0.717) is 11.1 Å². The lowest BCUT2D eigenvalue weighted by molar-refractivity contribution is -0.120. The molecule has 2 rings (SSSR count). The van der Waals surface area contributed by atoms with E-state index < -0.39 is 23.4 Å². The molecule has 0 aliphatic heterocycles. The smallest absolute Gasteiger partial charge is 0.254 e. The standard InChI is InChI=1S/C17H15ClF2N2O2/c1-10(11-2-4-12(18)5-3-11)22-16(23)9-21-17(24)14-7-6-13(19)8-15(14)20/h2-8,10H,9H2,1H3,(H,21,24)(H,22,23). The van der Waals surface area contributed by atoms with Crippen molar-refractivity contribution in [3.63, 3.8) is 0 Å². The zero-order valence-electron chi connectivity index (χ0n) is 12.8. The fourth-order valence-corrected chi connectivity index (χ4v) is 2.18. The number of benzene rings is 2. The van der Waals surface area contributed by atoms with E-state index in [1.54, 1.807) is 31.2 Å². The number of hydrogen-bond acceptors (Lipinski definition) is 2. The van der Waals surface area contributed by atoms with Crippen molar-refractivity contribution in [2.45, 2.75) is 13.0 Å². The average molecular weight is 353 g/mol. The Labute approximate surface area is 142 Å². The van der Waals surface area contributed by atoms with Gasteiger partial charge in [-0.15, -0.1) is 0 Å². The van der Waals surface area contributed by atoms with E-state index in [1.807, 2.05) is 0 Å². The summed E-state index contributed by atoms with van der Waals surface area (Å²) in [6.45, 7) is 1.45. The molecule has 0 fully saturated rings. The fourth-order valence-electron chi connectivity index (χ4n) is 2.06. The average Bonchev–Trinajstić information content (AvgIpc) is 2.53. The van der Waals surface area contributed by atoms with Crippen LogP contribution in [0.15, 0.2) is 42.5 Å². The summed E-state index contributed by atoms with van der Waals surface area (Å²) >= 11 is 5.80. The minimum absolute atomic E-state index is 0.283. The lowest BCUT2D eigenvalue weighted by Crippen LogP contribution is -2.38. The first-order valence-electron chi connectivity index (χ1n) is 7.15. The predicted octanol–water partition coefficient (Wildman–Crippen LogP) is 3.23. The molecule has 0 heterocycles. The van der Waals surface area contributed by atoms with Crippen molar-refractivity contribution in [3.8, 4) is 0 Å². The van der Waals surface area contributed by atoms with Gasteiger partial charge in [0.15, 0.2) is 0 Å². The first kappa shape index (κ1) is 17.9. The minimum Gasteiger partial charge on any atom is -0.348 e. The summed E-state index contributed by atoms with van der Waals surface area (Å²) in [5.41, 5.74) is 0.526. The maximum Gasteiger partial charge on any atom is 0.254 e. The zero-order chi connectivity index (χ0) is 17.7.